The Kier molecular flexibility index (Phi) is 12.3. The first-order valence-electron chi connectivity index (χ1n) is 15.2. The van der Waals surface area contributed by atoms with Crippen LogP contribution in [-0.4, -0.2) is 48.4 Å². The van der Waals surface area contributed by atoms with Crippen molar-refractivity contribution in [1.82, 2.24) is 20.4 Å². The Balaban J connectivity index is 1.83. The van der Waals surface area contributed by atoms with Gasteiger partial charge in [0.05, 0.1) is 25.5 Å². The van der Waals surface area contributed by atoms with E-state index < -0.39 is 0 Å². The number of nitrogens with one attached hydrogen (secondary N) is 2. The monoisotopic (exact) mass is 554 g/mol. The Morgan fingerprint density at radius 3 is 2.27 bits per heavy atom. The lowest BCUT2D eigenvalue weighted by Gasteiger charge is -2.23. The number of ether oxygens (including phenoxy) is 2. The number of hydrogen-bond donors (Lipinski definition) is 2. The smallest absolute Gasteiger partial charge is 0.272 e. The zero-order valence-electron chi connectivity index (χ0n) is 25.4. The number of carbonyl (C=O) groups is 2. The fourth-order valence-corrected chi connectivity index (χ4v) is 5.73. The minimum Gasteiger partial charge on any atom is -0.496 e. The van der Waals surface area contributed by atoms with E-state index in [0.29, 0.717) is 47.9 Å². The molecule has 1 aromatic heterocycles. The summed E-state index contributed by atoms with van der Waals surface area (Å²) in [6, 6.07) is 7.19. The fraction of sp³-hybridized carbons (Fsp3) is 0.656. The minimum atomic E-state index is -0.274. The van der Waals surface area contributed by atoms with Crippen LogP contribution in [0.15, 0.2) is 24.3 Å². The molecule has 0 saturated heterocycles. The van der Waals surface area contributed by atoms with Gasteiger partial charge in [0.15, 0.2) is 5.69 Å². The number of rotatable bonds is 15. The van der Waals surface area contributed by atoms with E-state index >= 15 is 0 Å². The van der Waals surface area contributed by atoms with Crippen LogP contribution in [0, 0.1) is 17.8 Å². The van der Waals surface area contributed by atoms with Gasteiger partial charge in [-0.3, -0.25) is 14.3 Å². The number of methoxy groups -OCH3 is 2. The molecule has 1 aromatic carbocycles. The Morgan fingerprint density at radius 1 is 1.05 bits per heavy atom. The summed E-state index contributed by atoms with van der Waals surface area (Å²) in [6.45, 7) is 9.96. The number of carbonyl (C=O) groups excluding carboxylic acids is 2. The SMILES string of the molecule is CCC(CC)Cn1nc(C(=O)N[C@H](CC(=O)NCC2CCCCC2)CC(C)C)cc1-c1c(OC)cccc1OC. The molecular formula is C32H50N4O4. The molecule has 1 aliphatic rings. The van der Waals surface area contributed by atoms with Gasteiger partial charge in [-0.05, 0) is 55.2 Å². The van der Waals surface area contributed by atoms with Gasteiger partial charge in [0.2, 0.25) is 5.91 Å². The Morgan fingerprint density at radius 2 is 1.70 bits per heavy atom. The molecule has 8 nitrogen and oxygen atoms in total. The van der Waals surface area contributed by atoms with E-state index in [9.17, 15) is 9.59 Å². The molecule has 8 heteroatoms. The third-order valence-electron chi connectivity index (χ3n) is 8.12. The summed E-state index contributed by atoms with van der Waals surface area (Å²) in [4.78, 5) is 26.4. The van der Waals surface area contributed by atoms with Crippen LogP contribution in [0.4, 0.5) is 0 Å². The summed E-state index contributed by atoms with van der Waals surface area (Å²) in [5, 5.41) is 11.0. The summed E-state index contributed by atoms with van der Waals surface area (Å²) in [6.07, 6.45) is 9.16. The van der Waals surface area contributed by atoms with Gasteiger partial charge in [0, 0.05) is 25.6 Å². The van der Waals surface area contributed by atoms with Crippen LogP contribution in [0.1, 0.15) is 96.0 Å². The van der Waals surface area contributed by atoms with Crippen LogP contribution >= 0.6 is 0 Å². The highest BCUT2D eigenvalue weighted by Crippen LogP contribution is 2.39. The van der Waals surface area contributed by atoms with Crippen molar-refractivity contribution in [2.24, 2.45) is 17.8 Å². The van der Waals surface area contributed by atoms with Crippen LogP contribution in [-0.2, 0) is 11.3 Å². The second-order valence-electron chi connectivity index (χ2n) is 11.6. The molecule has 0 spiro atoms. The average molecular weight is 555 g/mol. The highest BCUT2D eigenvalue weighted by Gasteiger charge is 2.25. The van der Waals surface area contributed by atoms with Crippen molar-refractivity contribution in [1.29, 1.82) is 0 Å². The van der Waals surface area contributed by atoms with E-state index in [2.05, 4.69) is 38.3 Å². The van der Waals surface area contributed by atoms with Crippen LogP contribution in [0.25, 0.3) is 11.3 Å². The number of aromatic nitrogens is 2. The predicted octanol–water partition coefficient (Wildman–Crippen LogP) is 6.23. The number of benzene rings is 1. The molecular weight excluding hydrogens is 504 g/mol. The summed E-state index contributed by atoms with van der Waals surface area (Å²) < 4.78 is 13.3. The van der Waals surface area contributed by atoms with Gasteiger partial charge >= 0.3 is 0 Å². The summed E-state index contributed by atoms with van der Waals surface area (Å²) >= 11 is 0. The highest BCUT2D eigenvalue weighted by atomic mass is 16.5. The van der Waals surface area contributed by atoms with E-state index in [0.717, 1.165) is 30.6 Å². The lowest BCUT2D eigenvalue weighted by Crippen LogP contribution is -2.41. The van der Waals surface area contributed by atoms with Crippen LogP contribution in [0.3, 0.4) is 0 Å². The average Bonchev–Trinajstić information content (AvgIpc) is 3.37. The van der Waals surface area contributed by atoms with Gasteiger partial charge in [0.1, 0.15) is 11.5 Å². The molecule has 3 rings (SSSR count). The normalized spacial score (nSPS) is 14.8. The van der Waals surface area contributed by atoms with Crippen LogP contribution < -0.4 is 20.1 Å². The molecule has 222 valence electrons. The largest absolute Gasteiger partial charge is 0.496 e. The van der Waals surface area contributed by atoms with Gasteiger partial charge in [-0.2, -0.15) is 5.10 Å². The first-order chi connectivity index (χ1) is 19.3. The van der Waals surface area contributed by atoms with Gasteiger partial charge in [-0.1, -0.05) is 65.9 Å². The minimum absolute atomic E-state index is 0.00441. The second-order valence-corrected chi connectivity index (χ2v) is 11.6. The molecule has 0 radical (unpaired) electrons. The zero-order valence-corrected chi connectivity index (χ0v) is 25.4. The quantitative estimate of drug-likeness (QED) is 0.272. The van der Waals surface area contributed by atoms with Crippen molar-refractivity contribution in [3.05, 3.63) is 30.0 Å². The van der Waals surface area contributed by atoms with E-state index in [4.69, 9.17) is 14.6 Å². The molecule has 2 aromatic rings. The van der Waals surface area contributed by atoms with Gasteiger partial charge in [-0.25, -0.2) is 0 Å². The first-order valence-corrected chi connectivity index (χ1v) is 15.2. The number of hydrogen-bond acceptors (Lipinski definition) is 5. The standard InChI is InChI=1S/C32H50N4O4/c1-7-23(8-2)21-36-27(31-28(39-5)15-12-16-29(31)40-6)19-26(35-36)32(38)34-25(17-22(3)4)18-30(37)33-20-24-13-10-9-11-14-24/h12,15-16,19,22-25H,7-11,13-14,17-18,20-21H2,1-6H3,(H,33,37)(H,34,38)/t25-/m0/s1. The Hall–Kier alpha value is -3.03. The summed E-state index contributed by atoms with van der Waals surface area (Å²) in [5.74, 6) is 2.35. The van der Waals surface area contributed by atoms with Crippen molar-refractivity contribution in [2.75, 3.05) is 20.8 Å². The predicted molar refractivity (Wildman–Crippen MR) is 160 cm³/mol. The molecule has 0 unspecified atom stereocenters. The van der Waals surface area contributed by atoms with Gasteiger partial charge in [0.25, 0.3) is 5.91 Å². The molecule has 1 fully saturated rings. The van der Waals surface area contributed by atoms with Crippen LogP contribution in [0.5, 0.6) is 11.5 Å². The maximum absolute atomic E-state index is 13.6. The third kappa shape index (κ3) is 8.73. The molecule has 2 amide bonds. The maximum atomic E-state index is 13.6. The molecule has 1 aliphatic carbocycles. The fourth-order valence-electron chi connectivity index (χ4n) is 5.73. The molecule has 1 heterocycles. The van der Waals surface area contributed by atoms with E-state index in [1.165, 1.54) is 32.1 Å². The molecule has 0 bridgehead atoms. The molecule has 2 N–H and O–H groups in total. The van der Waals surface area contributed by atoms with Crippen LogP contribution in [0.2, 0.25) is 0 Å². The van der Waals surface area contributed by atoms with Crippen molar-refractivity contribution < 1.29 is 19.1 Å². The van der Waals surface area contributed by atoms with E-state index in [1.54, 1.807) is 14.2 Å². The Labute approximate surface area is 240 Å². The lowest BCUT2D eigenvalue weighted by atomic mass is 9.89. The van der Waals surface area contributed by atoms with E-state index in [1.807, 2.05) is 28.9 Å². The van der Waals surface area contributed by atoms with Crippen molar-refractivity contribution in [2.45, 2.75) is 98.1 Å². The highest BCUT2D eigenvalue weighted by molar-refractivity contribution is 5.94. The Bertz CT molecular complexity index is 1060. The van der Waals surface area contributed by atoms with Crippen molar-refractivity contribution >= 4 is 11.8 Å². The summed E-state index contributed by atoms with van der Waals surface area (Å²) in [7, 11) is 3.26. The second kappa shape index (κ2) is 15.7. The molecule has 40 heavy (non-hydrogen) atoms. The number of nitrogens with zero attached hydrogens (tertiary/aromatic N) is 2. The first kappa shape index (κ1) is 31.5. The van der Waals surface area contributed by atoms with Crippen molar-refractivity contribution in [3.8, 4) is 22.8 Å². The topological polar surface area (TPSA) is 94.5 Å². The van der Waals surface area contributed by atoms with Gasteiger partial charge in [-0.15, -0.1) is 0 Å². The third-order valence-corrected chi connectivity index (χ3v) is 8.12. The van der Waals surface area contributed by atoms with E-state index in [-0.39, 0.29) is 24.3 Å². The zero-order chi connectivity index (χ0) is 29.1. The lowest BCUT2D eigenvalue weighted by molar-refractivity contribution is -0.121. The van der Waals surface area contributed by atoms with Crippen molar-refractivity contribution in [3.63, 3.8) is 0 Å². The molecule has 1 atom stereocenters. The maximum Gasteiger partial charge on any atom is 0.272 e. The number of amides is 2. The summed E-state index contributed by atoms with van der Waals surface area (Å²) in [5.41, 5.74) is 1.87. The molecule has 0 aliphatic heterocycles. The van der Waals surface area contributed by atoms with Gasteiger partial charge < -0.3 is 20.1 Å². The molecule has 1 saturated carbocycles.